The normalized spacial score (nSPS) is 12.1. The molecule has 0 saturated carbocycles. The molecule has 0 saturated heterocycles. The molecular formula is C13H20ClN3O2. The van der Waals surface area contributed by atoms with Gasteiger partial charge in [-0.05, 0) is 18.8 Å². The minimum atomic E-state index is -0.727. The van der Waals surface area contributed by atoms with E-state index in [1.807, 2.05) is 0 Å². The Morgan fingerprint density at radius 1 is 1.42 bits per heavy atom. The first kappa shape index (κ1) is 15.7. The summed E-state index contributed by atoms with van der Waals surface area (Å²) in [5, 5.41) is 12.2. The summed E-state index contributed by atoms with van der Waals surface area (Å²) in [6.45, 7) is 2.86. The molecule has 0 aliphatic rings. The number of nitrogens with zero attached hydrogens (tertiary/aromatic N) is 2. The lowest BCUT2D eigenvalue weighted by Gasteiger charge is -2.15. The van der Waals surface area contributed by atoms with E-state index in [2.05, 4.69) is 22.2 Å². The predicted octanol–water partition coefficient (Wildman–Crippen LogP) is 3.21. The number of aliphatic carboxylic acids is 1. The van der Waals surface area contributed by atoms with Gasteiger partial charge in [-0.2, -0.15) is 0 Å². The minimum Gasteiger partial charge on any atom is -0.481 e. The highest BCUT2D eigenvalue weighted by Crippen LogP contribution is 2.18. The van der Waals surface area contributed by atoms with Gasteiger partial charge in [0.05, 0.1) is 12.4 Å². The highest BCUT2D eigenvalue weighted by molar-refractivity contribution is 6.29. The molecule has 2 N–H and O–H groups in total. The Kier molecular flexibility index (Phi) is 7.18. The Bertz CT molecular complexity index is 401. The van der Waals surface area contributed by atoms with Gasteiger partial charge in [0, 0.05) is 13.0 Å². The molecule has 106 valence electrons. The topological polar surface area (TPSA) is 75.1 Å². The van der Waals surface area contributed by atoms with Crippen LogP contribution in [-0.2, 0) is 4.79 Å². The fourth-order valence-electron chi connectivity index (χ4n) is 2.00. The zero-order valence-electron chi connectivity index (χ0n) is 11.1. The molecule has 19 heavy (non-hydrogen) atoms. The Balaban J connectivity index is 2.32. The van der Waals surface area contributed by atoms with Gasteiger partial charge in [0.15, 0.2) is 0 Å². The number of rotatable bonds is 9. The zero-order valence-corrected chi connectivity index (χ0v) is 11.9. The number of carbonyl (C=O) groups is 1. The van der Waals surface area contributed by atoms with Crippen molar-refractivity contribution in [2.75, 3.05) is 11.9 Å². The molecule has 1 rings (SSSR count). The van der Waals surface area contributed by atoms with E-state index < -0.39 is 5.97 Å². The molecular weight excluding hydrogens is 266 g/mol. The number of hydrogen-bond donors (Lipinski definition) is 2. The lowest BCUT2D eigenvalue weighted by Crippen LogP contribution is -2.11. The van der Waals surface area contributed by atoms with Crippen LogP contribution in [0.15, 0.2) is 12.4 Å². The summed E-state index contributed by atoms with van der Waals surface area (Å²) in [6.07, 6.45) is 7.12. The molecule has 0 aliphatic carbocycles. The van der Waals surface area contributed by atoms with E-state index in [1.165, 1.54) is 6.20 Å². The molecule has 1 aromatic rings. The summed E-state index contributed by atoms with van der Waals surface area (Å²) in [5.74, 6) is 0.358. The van der Waals surface area contributed by atoms with Crippen molar-refractivity contribution < 1.29 is 9.90 Å². The number of hydrogen-bond acceptors (Lipinski definition) is 4. The van der Waals surface area contributed by atoms with E-state index in [1.54, 1.807) is 6.20 Å². The van der Waals surface area contributed by atoms with Gasteiger partial charge in [-0.25, -0.2) is 4.98 Å². The smallest absolute Gasteiger partial charge is 0.303 e. The summed E-state index contributed by atoms with van der Waals surface area (Å²) in [5.41, 5.74) is 0. The molecule has 0 aliphatic heterocycles. The summed E-state index contributed by atoms with van der Waals surface area (Å²) in [4.78, 5) is 18.6. The lowest BCUT2D eigenvalue weighted by molar-refractivity contribution is -0.137. The molecule has 0 radical (unpaired) electrons. The second-order valence-electron chi connectivity index (χ2n) is 4.53. The van der Waals surface area contributed by atoms with Gasteiger partial charge in [-0.3, -0.25) is 9.78 Å². The van der Waals surface area contributed by atoms with Crippen LogP contribution in [0.25, 0.3) is 0 Å². The van der Waals surface area contributed by atoms with Crippen molar-refractivity contribution in [2.24, 2.45) is 5.92 Å². The SMILES string of the molecule is CCCC(CCNc1cncc(Cl)n1)CCC(=O)O. The van der Waals surface area contributed by atoms with E-state index in [0.717, 1.165) is 32.2 Å². The average molecular weight is 286 g/mol. The van der Waals surface area contributed by atoms with Crippen LogP contribution in [0.5, 0.6) is 0 Å². The first-order valence-electron chi connectivity index (χ1n) is 6.55. The number of anilines is 1. The molecule has 1 unspecified atom stereocenters. The summed E-state index contributed by atoms with van der Waals surface area (Å²) in [6, 6.07) is 0. The van der Waals surface area contributed by atoms with Gasteiger partial charge in [0.25, 0.3) is 0 Å². The fraction of sp³-hybridized carbons (Fsp3) is 0.615. The quantitative estimate of drug-likeness (QED) is 0.729. The largest absolute Gasteiger partial charge is 0.481 e. The monoisotopic (exact) mass is 285 g/mol. The Labute approximate surface area is 118 Å². The van der Waals surface area contributed by atoms with Gasteiger partial charge in [-0.15, -0.1) is 0 Å². The van der Waals surface area contributed by atoms with Crippen molar-refractivity contribution >= 4 is 23.4 Å². The first-order chi connectivity index (χ1) is 9.11. The Morgan fingerprint density at radius 2 is 2.21 bits per heavy atom. The third-order valence-corrected chi connectivity index (χ3v) is 3.11. The molecule has 0 aromatic carbocycles. The molecule has 1 atom stereocenters. The Morgan fingerprint density at radius 3 is 2.84 bits per heavy atom. The predicted molar refractivity (Wildman–Crippen MR) is 75.4 cm³/mol. The highest BCUT2D eigenvalue weighted by Gasteiger charge is 2.10. The van der Waals surface area contributed by atoms with Crippen molar-refractivity contribution in [1.82, 2.24) is 9.97 Å². The first-order valence-corrected chi connectivity index (χ1v) is 6.92. The number of aromatic nitrogens is 2. The van der Waals surface area contributed by atoms with Gasteiger partial charge < -0.3 is 10.4 Å². The standard InChI is InChI=1S/C13H20ClN3O2/c1-2-3-10(4-5-13(18)19)6-7-16-12-9-15-8-11(14)17-12/h8-10H,2-7H2,1H3,(H,16,17)(H,18,19). The van der Waals surface area contributed by atoms with Gasteiger partial charge in [0.1, 0.15) is 11.0 Å². The van der Waals surface area contributed by atoms with Crippen LogP contribution in [0.2, 0.25) is 5.15 Å². The van der Waals surface area contributed by atoms with Crippen LogP contribution in [0.4, 0.5) is 5.82 Å². The minimum absolute atomic E-state index is 0.238. The summed E-state index contributed by atoms with van der Waals surface area (Å²) >= 11 is 5.74. The van der Waals surface area contributed by atoms with E-state index in [-0.39, 0.29) is 6.42 Å². The van der Waals surface area contributed by atoms with Crippen LogP contribution >= 0.6 is 11.6 Å². The molecule has 0 bridgehead atoms. The molecule has 0 spiro atoms. The molecule has 1 aromatic heterocycles. The molecule has 0 fully saturated rings. The van der Waals surface area contributed by atoms with Crippen LogP contribution < -0.4 is 5.32 Å². The van der Waals surface area contributed by atoms with Gasteiger partial charge >= 0.3 is 5.97 Å². The summed E-state index contributed by atoms with van der Waals surface area (Å²) in [7, 11) is 0. The van der Waals surface area contributed by atoms with Crippen LogP contribution in [0.1, 0.15) is 39.0 Å². The van der Waals surface area contributed by atoms with E-state index in [0.29, 0.717) is 16.9 Å². The maximum absolute atomic E-state index is 10.6. The third-order valence-electron chi connectivity index (χ3n) is 2.93. The number of carboxylic acids is 1. The van der Waals surface area contributed by atoms with Gasteiger partial charge in [0.2, 0.25) is 0 Å². The number of nitrogens with one attached hydrogen (secondary N) is 1. The second-order valence-corrected chi connectivity index (χ2v) is 4.92. The molecule has 5 nitrogen and oxygen atoms in total. The summed E-state index contributed by atoms with van der Waals surface area (Å²) < 4.78 is 0. The fourth-order valence-corrected chi connectivity index (χ4v) is 2.15. The molecule has 0 amide bonds. The molecule has 6 heteroatoms. The van der Waals surface area contributed by atoms with Crippen molar-refractivity contribution in [3.63, 3.8) is 0 Å². The maximum Gasteiger partial charge on any atom is 0.303 e. The van der Waals surface area contributed by atoms with Crippen molar-refractivity contribution in [3.05, 3.63) is 17.5 Å². The zero-order chi connectivity index (χ0) is 14.1. The van der Waals surface area contributed by atoms with E-state index in [4.69, 9.17) is 16.7 Å². The Hall–Kier alpha value is -1.36. The second kappa shape index (κ2) is 8.69. The van der Waals surface area contributed by atoms with E-state index in [9.17, 15) is 4.79 Å². The highest BCUT2D eigenvalue weighted by atomic mass is 35.5. The van der Waals surface area contributed by atoms with E-state index >= 15 is 0 Å². The number of carboxylic acid groups (broad SMARTS) is 1. The average Bonchev–Trinajstić information content (AvgIpc) is 2.36. The third kappa shape index (κ3) is 6.96. The maximum atomic E-state index is 10.6. The van der Waals surface area contributed by atoms with Crippen molar-refractivity contribution in [3.8, 4) is 0 Å². The van der Waals surface area contributed by atoms with Crippen LogP contribution in [-0.4, -0.2) is 27.6 Å². The van der Waals surface area contributed by atoms with Crippen LogP contribution in [0.3, 0.4) is 0 Å². The lowest BCUT2D eigenvalue weighted by atomic mass is 9.94. The van der Waals surface area contributed by atoms with Crippen molar-refractivity contribution in [2.45, 2.75) is 39.0 Å². The number of halogens is 1. The van der Waals surface area contributed by atoms with Crippen LogP contribution in [0, 0.1) is 5.92 Å². The van der Waals surface area contributed by atoms with Gasteiger partial charge in [-0.1, -0.05) is 31.4 Å². The molecule has 1 heterocycles. The van der Waals surface area contributed by atoms with Crippen molar-refractivity contribution in [1.29, 1.82) is 0 Å².